The van der Waals surface area contributed by atoms with Gasteiger partial charge in [0.25, 0.3) is 5.91 Å². The van der Waals surface area contributed by atoms with Crippen molar-refractivity contribution in [3.8, 4) is 11.3 Å². The van der Waals surface area contributed by atoms with Gasteiger partial charge in [0, 0.05) is 29.0 Å². The first kappa shape index (κ1) is 16.1. The molecule has 6 heteroatoms. The summed E-state index contributed by atoms with van der Waals surface area (Å²) in [7, 11) is 0. The Morgan fingerprint density at radius 2 is 1.93 bits per heavy atom. The van der Waals surface area contributed by atoms with Crippen molar-refractivity contribution < 1.29 is 4.79 Å². The highest BCUT2D eigenvalue weighted by molar-refractivity contribution is 6.31. The highest BCUT2D eigenvalue weighted by atomic mass is 35.5. The van der Waals surface area contributed by atoms with Crippen molar-refractivity contribution in [3.05, 3.63) is 77.3 Å². The average Bonchev–Trinajstić information content (AvgIpc) is 3.31. The van der Waals surface area contributed by atoms with Gasteiger partial charge in [0.1, 0.15) is 11.5 Å². The Balaban J connectivity index is 1.42. The van der Waals surface area contributed by atoms with Crippen molar-refractivity contribution >= 4 is 28.4 Å². The molecule has 5 nitrogen and oxygen atoms in total. The predicted octanol–water partition coefficient (Wildman–Crippen LogP) is 4.34. The SMILES string of the molecule is O=C(c1cc2cc(Cl)ccc2[nH]1)N1CCn2c(-c3ccccc3)cnc2C1. The lowest BCUT2D eigenvalue weighted by atomic mass is 10.1. The summed E-state index contributed by atoms with van der Waals surface area (Å²) in [6.07, 6.45) is 1.89. The number of halogens is 1. The molecule has 2 aromatic carbocycles. The van der Waals surface area contributed by atoms with E-state index in [-0.39, 0.29) is 5.91 Å². The van der Waals surface area contributed by atoms with Crippen LogP contribution >= 0.6 is 11.6 Å². The second-order valence-electron chi connectivity index (χ2n) is 6.72. The first-order valence-electron chi connectivity index (χ1n) is 8.86. The number of carbonyl (C=O) groups excluding carboxylic acids is 1. The van der Waals surface area contributed by atoms with Crippen molar-refractivity contribution in [2.75, 3.05) is 6.54 Å². The first-order chi connectivity index (χ1) is 13.2. The van der Waals surface area contributed by atoms with Crippen LogP contribution in [0.3, 0.4) is 0 Å². The summed E-state index contributed by atoms with van der Waals surface area (Å²) in [5.41, 5.74) is 3.73. The Bertz CT molecular complexity index is 1150. The van der Waals surface area contributed by atoms with Gasteiger partial charge in [-0.05, 0) is 29.8 Å². The number of hydrogen-bond donors (Lipinski definition) is 1. The number of hydrogen-bond acceptors (Lipinski definition) is 2. The molecule has 1 amide bonds. The van der Waals surface area contributed by atoms with E-state index in [1.165, 1.54) is 0 Å². The van der Waals surface area contributed by atoms with Gasteiger partial charge in [0.05, 0.1) is 18.4 Å². The fourth-order valence-electron chi connectivity index (χ4n) is 3.66. The molecule has 1 aliphatic heterocycles. The van der Waals surface area contributed by atoms with E-state index in [2.05, 4.69) is 26.7 Å². The third-order valence-electron chi connectivity index (χ3n) is 5.03. The maximum Gasteiger partial charge on any atom is 0.270 e. The molecule has 0 saturated carbocycles. The molecule has 2 aromatic heterocycles. The summed E-state index contributed by atoms with van der Waals surface area (Å²) in [6.45, 7) is 1.89. The largest absolute Gasteiger partial charge is 0.351 e. The normalized spacial score (nSPS) is 13.7. The fourth-order valence-corrected chi connectivity index (χ4v) is 3.84. The molecule has 1 aliphatic rings. The second-order valence-corrected chi connectivity index (χ2v) is 7.16. The van der Waals surface area contributed by atoms with E-state index in [0.717, 1.165) is 34.5 Å². The van der Waals surface area contributed by atoms with Crippen LogP contribution in [0.1, 0.15) is 16.3 Å². The maximum atomic E-state index is 13.0. The Kier molecular flexibility index (Phi) is 3.76. The Hall–Kier alpha value is -3.05. The number of rotatable bonds is 2. The highest BCUT2D eigenvalue weighted by Gasteiger charge is 2.25. The van der Waals surface area contributed by atoms with Gasteiger partial charge in [-0.25, -0.2) is 4.98 Å². The van der Waals surface area contributed by atoms with Crippen LogP contribution in [-0.4, -0.2) is 31.9 Å². The van der Waals surface area contributed by atoms with E-state index in [0.29, 0.717) is 23.8 Å². The molecule has 0 saturated heterocycles. The van der Waals surface area contributed by atoms with Gasteiger partial charge in [-0.1, -0.05) is 41.9 Å². The molecule has 27 heavy (non-hydrogen) atoms. The minimum absolute atomic E-state index is 0.0159. The van der Waals surface area contributed by atoms with Gasteiger partial charge < -0.3 is 14.5 Å². The molecule has 0 spiro atoms. The van der Waals surface area contributed by atoms with Crippen LogP contribution in [0.25, 0.3) is 22.2 Å². The molecular weight excluding hydrogens is 360 g/mol. The van der Waals surface area contributed by atoms with Crippen molar-refractivity contribution in [1.29, 1.82) is 0 Å². The van der Waals surface area contributed by atoms with Crippen LogP contribution in [0.15, 0.2) is 60.8 Å². The number of imidazole rings is 1. The van der Waals surface area contributed by atoms with Crippen molar-refractivity contribution in [2.45, 2.75) is 13.1 Å². The molecule has 0 radical (unpaired) electrons. The lowest BCUT2D eigenvalue weighted by Gasteiger charge is -2.28. The van der Waals surface area contributed by atoms with Gasteiger partial charge in [0.15, 0.2) is 0 Å². The molecule has 0 atom stereocenters. The van der Waals surface area contributed by atoms with Gasteiger partial charge in [-0.15, -0.1) is 0 Å². The average molecular weight is 377 g/mol. The second kappa shape index (κ2) is 6.28. The fraction of sp³-hybridized carbons (Fsp3) is 0.143. The zero-order valence-electron chi connectivity index (χ0n) is 14.5. The number of benzene rings is 2. The maximum absolute atomic E-state index is 13.0. The summed E-state index contributed by atoms with van der Waals surface area (Å²) in [5.74, 6) is 0.894. The van der Waals surface area contributed by atoms with E-state index in [1.54, 1.807) is 0 Å². The van der Waals surface area contributed by atoms with Crippen molar-refractivity contribution in [2.24, 2.45) is 0 Å². The number of aromatic nitrogens is 3. The third-order valence-corrected chi connectivity index (χ3v) is 5.27. The zero-order chi connectivity index (χ0) is 18.4. The molecule has 1 N–H and O–H groups in total. The van der Waals surface area contributed by atoms with E-state index >= 15 is 0 Å². The number of aromatic amines is 1. The molecule has 0 fully saturated rings. The Labute approximate surface area is 161 Å². The molecule has 5 rings (SSSR count). The number of nitrogens with zero attached hydrogens (tertiary/aromatic N) is 3. The van der Waals surface area contributed by atoms with Crippen LogP contribution < -0.4 is 0 Å². The van der Waals surface area contributed by atoms with Gasteiger partial charge in [-0.3, -0.25) is 4.79 Å². The topological polar surface area (TPSA) is 53.9 Å². The Morgan fingerprint density at radius 1 is 1.07 bits per heavy atom. The number of H-pyrrole nitrogens is 1. The molecule has 0 aliphatic carbocycles. The van der Waals surface area contributed by atoms with Crippen LogP contribution in [-0.2, 0) is 13.1 Å². The van der Waals surface area contributed by atoms with Gasteiger partial charge >= 0.3 is 0 Å². The van der Waals surface area contributed by atoms with Crippen LogP contribution in [0.4, 0.5) is 0 Å². The highest BCUT2D eigenvalue weighted by Crippen LogP contribution is 2.25. The first-order valence-corrected chi connectivity index (χ1v) is 9.24. The predicted molar refractivity (Wildman–Crippen MR) is 106 cm³/mol. The quantitative estimate of drug-likeness (QED) is 0.565. The zero-order valence-corrected chi connectivity index (χ0v) is 15.3. The summed E-state index contributed by atoms with van der Waals surface area (Å²) in [5, 5.41) is 1.60. The summed E-state index contributed by atoms with van der Waals surface area (Å²) in [6, 6.07) is 17.6. The lowest BCUT2D eigenvalue weighted by molar-refractivity contribution is 0.0703. The smallest absolute Gasteiger partial charge is 0.270 e. The van der Waals surface area contributed by atoms with Crippen molar-refractivity contribution in [3.63, 3.8) is 0 Å². The monoisotopic (exact) mass is 376 g/mol. The van der Waals surface area contributed by atoms with E-state index < -0.39 is 0 Å². The summed E-state index contributed by atoms with van der Waals surface area (Å²) in [4.78, 5) is 22.6. The molecule has 4 aromatic rings. The standard InChI is InChI=1S/C21H17ClN4O/c22-16-6-7-17-15(10-16)11-18(24-17)21(27)25-8-9-26-19(12-23-20(26)13-25)14-4-2-1-3-5-14/h1-7,10-12,24H,8-9,13H2. The minimum atomic E-state index is -0.0159. The van der Waals surface area contributed by atoms with Crippen molar-refractivity contribution in [1.82, 2.24) is 19.4 Å². The molecule has 0 unspecified atom stereocenters. The van der Waals surface area contributed by atoms with Gasteiger partial charge in [0.2, 0.25) is 0 Å². The molecule has 134 valence electrons. The minimum Gasteiger partial charge on any atom is -0.351 e. The summed E-state index contributed by atoms with van der Waals surface area (Å²) >= 11 is 6.05. The third kappa shape index (κ3) is 2.80. The van der Waals surface area contributed by atoms with Crippen LogP contribution in [0, 0.1) is 0 Å². The number of amides is 1. The summed E-state index contributed by atoms with van der Waals surface area (Å²) < 4.78 is 2.20. The molecular formula is C21H17ClN4O. The number of carbonyl (C=O) groups is 1. The lowest BCUT2D eigenvalue weighted by Crippen LogP contribution is -2.38. The van der Waals surface area contributed by atoms with Crippen LogP contribution in [0.2, 0.25) is 5.02 Å². The van der Waals surface area contributed by atoms with E-state index in [1.807, 2.05) is 53.6 Å². The molecule has 0 bridgehead atoms. The van der Waals surface area contributed by atoms with Crippen LogP contribution in [0.5, 0.6) is 0 Å². The molecule has 3 heterocycles. The van der Waals surface area contributed by atoms with E-state index in [4.69, 9.17) is 11.6 Å². The number of nitrogens with one attached hydrogen (secondary N) is 1. The number of fused-ring (bicyclic) bond motifs is 2. The Morgan fingerprint density at radius 3 is 2.78 bits per heavy atom. The van der Waals surface area contributed by atoms with E-state index in [9.17, 15) is 4.79 Å². The van der Waals surface area contributed by atoms with Gasteiger partial charge in [-0.2, -0.15) is 0 Å².